The molecule has 2 saturated heterocycles. The van der Waals surface area contributed by atoms with E-state index >= 15 is 0 Å². The van der Waals surface area contributed by atoms with Crippen LogP contribution in [0.2, 0.25) is 0 Å². The standard InChI is InChI=1S/C21H32N4O3/c1-24(2)17-9-7-16(8-10-17)19(25-11-3-4-12-25)15-23-21(27)20(26)22-14-18-6-5-13-28-18/h7-10,18-19H,3-6,11-15H2,1-2H3,(H,22,26)(H,23,27)/t18-,19-/m0/s1. The summed E-state index contributed by atoms with van der Waals surface area (Å²) in [5, 5.41) is 5.51. The van der Waals surface area contributed by atoms with Gasteiger partial charge < -0.3 is 20.3 Å². The molecule has 0 radical (unpaired) electrons. The average molecular weight is 389 g/mol. The summed E-state index contributed by atoms with van der Waals surface area (Å²) >= 11 is 0. The van der Waals surface area contributed by atoms with Crippen LogP contribution in [0.5, 0.6) is 0 Å². The molecular formula is C21H32N4O3. The molecule has 0 aliphatic carbocycles. The molecule has 3 rings (SSSR count). The summed E-state index contributed by atoms with van der Waals surface area (Å²) < 4.78 is 5.48. The number of anilines is 1. The predicted octanol–water partition coefficient (Wildman–Crippen LogP) is 1.30. The van der Waals surface area contributed by atoms with E-state index in [9.17, 15) is 9.59 Å². The van der Waals surface area contributed by atoms with Gasteiger partial charge in [-0.05, 0) is 56.5 Å². The van der Waals surface area contributed by atoms with Crippen molar-refractivity contribution >= 4 is 17.5 Å². The molecule has 1 aromatic rings. The summed E-state index contributed by atoms with van der Waals surface area (Å²) in [7, 11) is 4.03. The Balaban J connectivity index is 1.56. The molecule has 2 amide bonds. The number of carbonyl (C=O) groups excluding carboxylic acids is 2. The topological polar surface area (TPSA) is 73.9 Å². The molecule has 28 heavy (non-hydrogen) atoms. The zero-order chi connectivity index (χ0) is 19.9. The van der Waals surface area contributed by atoms with E-state index in [0.29, 0.717) is 13.1 Å². The zero-order valence-electron chi connectivity index (χ0n) is 16.9. The molecule has 0 bridgehead atoms. The number of benzene rings is 1. The lowest BCUT2D eigenvalue weighted by atomic mass is 10.0. The average Bonchev–Trinajstić information content (AvgIpc) is 3.40. The van der Waals surface area contributed by atoms with Gasteiger partial charge in [-0.2, -0.15) is 0 Å². The molecule has 2 atom stereocenters. The Labute approximate surface area is 167 Å². The van der Waals surface area contributed by atoms with Gasteiger partial charge in [0.15, 0.2) is 0 Å². The third-order valence-electron chi connectivity index (χ3n) is 5.55. The molecule has 2 N–H and O–H groups in total. The quantitative estimate of drug-likeness (QED) is 0.689. The molecule has 7 heteroatoms. The number of hydrogen-bond acceptors (Lipinski definition) is 5. The van der Waals surface area contributed by atoms with Crippen LogP contribution in [0.3, 0.4) is 0 Å². The summed E-state index contributed by atoms with van der Waals surface area (Å²) in [6, 6.07) is 8.49. The van der Waals surface area contributed by atoms with Crippen molar-refractivity contribution in [2.24, 2.45) is 0 Å². The highest BCUT2D eigenvalue weighted by Crippen LogP contribution is 2.26. The molecule has 2 aliphatic rings. The van der Waals surface area contributed by atoms with E-state index in [1.807, 2.05) is 14.1 Å². The fraction of sp³-hybridized carbons (Fsp3) is 0.619. The van der Waals surface area contributed by atoms with Crippen LogP contribution >= 0.6 is 0 Å². The molecule has 2 aliphatic heterocycles. The summed E-state index contributed by atoms with van der Waals surface area (Å²) in [5.41, 5.74) is 2.30. The van der Waals surface area contributed by atoms with Crippen LogP contribution in [0.4, 0.5) is 5.69 Å². The number of nitrogens with one attached hydrogen (secondary N) is 2. The summed E-state index contributed by atoms with van der Waals surface area (Å²) in [6.45, 7) is 3.58. The van der Waals surface area contributed by atoms with Crippen molar-refractivity contribution in [3.8, 4) is 0 Å². The molecule has 1 aromatic carbocycles. The normalized spacial score (nSPS) is 20.7. The SMILES string of the molecule is CN(C)c1ccc([C@H](CNC(=O)C(=O)NC[C@@H]2CCCO2)N2CCCC2)cc1. The van der Waals surface area contributed by atoms with Gasteiger partial charge >= 0.3 is 11.8 Å². The summed E-state index contributed by atoms with van der Waals surface area (Å²) in [4.78, 5) is 28.8. The van der Waals surface area contributed by atoms with Crippen molar-refractivity contribution in [3.63, 3.8) is 0 Å². The first-order valence-electron chi connectivity index (χ1n) is 10.2. The van der Waals surface area contributed by atoms with Gasteiger partial charge in [-0.15, -0.1) is 0 Å². The Morgan fingerprint density at radius 2 is 1.79 bits per heavy atom. The monoisotopic (exact) mass is 388 g/mol. The van der Waals surface area contributed by atoms with Gasteiger partial charge in [0.1, 0.15) is 0 Å². The minimum absolute atomic E-state index is 0.0318. The number of hydrogen-bond donors (Lipinski definition) is 2. The van der Waals surface area contributed by atoms with Gasteiger partial charge in [-0.3, -0.25) is 14.5 Å². The van der Waals surface area contributed by atoms with E-state index in [4.69, 9.17) is 4.74 Å². The summed E-state index contributed by atoms with van der Waals surface area (Å²) in [5.74, 6) is -1.16. The van der Waals surface area contributed by atoms with Crippen molar-refractivity contribution in [3.05, 3.63) is 29.8 Å². The maximum absolute atomic E-state index is 12.3. The zero-order valence-corrected chi connectivity index (χ0v) is 16.9. The maximum atomic E-state index is 12.3. The Bertz CT molecular complexity index is 650. The van der Waals surface area contributed by atoms with Crippen molar-refractivity contribution in [1.29, 1.82) is 0 Å². The van der Waals surface area contributed by atoms with Crippen molar-refractivity contribution < 1.29 is 14.3 Å². The first-order valence-corrected chi connectivity index (χ1v) is 10.2. The molecule has 7 nitrogen and oxygen atoms in total. The second-order valence-electron chi connectivity index (χ2n) is 7.80. The largest absolute Gasteiger partial charge is 0.378 e. The molecule has 154 valence electrons. The maximum Gasteiger partial charge on any atom is 0.309 e. The number of carbonyl (C=O) groups is 2. The fourth-order valence-corrected chi connectivity index (χ4v) is 3.87. The van der Waals surface area contributed by atoms with Gasteiger partial charge in [0.25, 0.3) is 0 Å². The Hall–Kier alpha value is -2.12. The first kappa shape index (κ1) is 20.6. The number of nitrogens with zero attached hydrogens (tertiary/aromatic N) is 2. The highest BCUT2D eigenvalue weighted by Gasteiger charge is 2.25. The minimum atomic E-state index is -0.585. The van der Waals surface area contributed by atoms with Gasteiger partial charge in [-0.25, -0.2) is 0 Å². The van der Waals surface area contributed by atoms with Crippen molar-refractivity contribution in [2.45, 2.75) is 37.8 Å². The lowest BCUT2D eigenvalue weighted by molar-refractivity contribution is -0.139. The van der Waals surface area contributed by atoms with Crippen LogP contribution < -0.4 is 15.5 Å². The van der Waals surface area contributed by atoms with Gasteiger partial charge in [-0.1, -0.05) is 12.1 Å². The van der Waals surface area contributed by atoms with Gasteiger partial charge in [0.05, 0.1) is 12.1 Å². The molecule has 2 heterocycles. The summed E-state index contributed by atoms with van der Waals surface area (Å²) in [6.07, 6.45) is 4.31. The van der Waals surface area contributed by atoms with Crippen LogP contribution in [0.25, 0.3) is 0 Å². The van der Waals surface area contributed by atoms with Gasteiger partial charge in [0, 0.05) is 39.5 Å². The second kappa shape index (κ2) is 9.89. The molecule has 0 aromatic heterocycles. The van der Waals surface area contributed by atoms with Crippen molar-refractivity contribution in [2.75, 3.05) is 51.8 Å². The van der Waals surface area contributed by atoms with Crippen LogP contribution in [0, 0.1) is 0 Å². The highest BCUT2D eigenvalue weighted by molar-refractivity contribution is 6.35. The molecule has 0 unspecified atom stereocenters. The Morgan fingerprint density at radius 1 is 1.11 bits per heavy atom. The first-order chi connectivity index (χ1) is 13.5. The molecular weight excluding hydrogens is 356 g/mol. The van der Waals surface area contributed by atoms with E-state index in [0.717, 1.165) is 43.8 Å². The number of likely N-dealkylation sites (tertiary alicyclic amines) is 1. The second-order valence-corrected chi connectivity index (χ2v) is 7.80. The van der Waals surface area contributed by atoms with E-state index in [1.165, 1.54) is 12.8 Å². The highest BCUT2D eigenvalue weighted by atomic mass is 16.5. The Morgan fingerprint density at radius 3 is 2.39 bits per heavy atom. The van der Waals surface area contributed by atoms with Crippen LogP contribution in [-0.2, 0) is 14.3 Å². The van der Waals surface area contributed by atoms with Crippen LogP contribution in [0.15, 0.2) is 24.3 Å². The lowest BCUT2D eigenvalue weighted by Gasteiger charge is -2.28. The van der Waals surface area contributed by atoms with E-state index in [2.05, 4.69) is 44.7 Å². The third-order valence-corrected chi connectivity index (χ3v) is 5.55. The minimum Gasteiger partial charge on any atom is -0.378 e. The number of amides is 2. The van der Waals surface area contributed by atoms with E-state index in [-0.39, 0.29) is 12.1 Å². The molecule has 0 saturated carbocycles. The third kappa shape index (κ3) is 5.45. The number of ether oxygens (including phenoxy) is 1. The van der Waals surface area contributed by atoms with Crippen LogP contribution in [0.1, 0.15) is 37.3 Å². The Kier molecular flexibility index (Phi) is 7.28. The fourth-order valence-electron chi connectivity index (χ4n) is 3.87. The number of rotatable bonds is 7. The van der Waals surface area contributed by atoms with E-state index in [1.54, 1.807) is 0 Å². The predicted molar refractivity (Wildman–Crippen MR) is 109 cm³/mol. The lowest BCUT2D eigenvalue weighted by Crippen LogP contribution is -2.45. The van der Waals surface area contributed by atoms with Crippen LogP contribution in [-0.4, -0.2) is 69.7 Å². The van der Waals surface area contributed by atoms with Gasteiger partial charge in [0.2, 0.25) is 0 Å². The van der Waals surface area contributed by atoms with E-state index < -0.39 is 11.8 Å². The van der Waals surface area contributed by atoms with Crippen molar-refractivity contribution in [1.82, 2.24) is 15.5 Å². The molecule has 2 fully saturated rings. The smallest absolute Gasteiger partial charge is 0.309 e. The molecule has 0 spiro atoms.